The standard InChI is InChI=1S/C40H62O13/c1-35(2)14-16-40(34(49)53-32-30(46)29(45)28(44)23(19-41)51-32)17-15-38(6)21(22(40)18-35)8-9-25-37(5)12-11-26(52-33(31(47)48)50-20-27(42)43)36(3,4)24(37)10-13-39(25,38)7/h8,22-26,28-30,32-33,41,44-46H,9-20H2,1-7H3,(H,42,43)(H,47,48)/t22?,23-,24?,25?,26+,28-,29+,30-,32+,33?,37+,38-,39-,40?/m1/s1. The minimum Gasteiger partial charge on any atom is -0.480 e. The van der Waals surface area contributed by atoms with Crippen LogP contribution >= 0.6 is 0 Å². The molecule has 0 aromatic heterocycles. The molecule has 0 aromatic carbocycles. The van der Waals surface area contributed by atoms with Crippen LogP contribution in [0.15, 0.2) is 11.6 Å². The minimum atomic E-state index is -1.66. The van der Waals surface area contributed by atoms with Crippen LogP contribution in [0.1, 0.15) is 113 Å². The zero-order valence-electron chi connectivity index (χ0n) is 32.4. The fourth-order valence-electron chi connectivity index (χ4n) is 12.7. The summed E-state index contributed by atoms with van der Waals surface area (Å²) in [6.07, 6.45) is 0.469. The van der Waals surface area contributed by atoms with E-state index in [2.05, 4.69) is 54.5 Å². The van der Waals surface area contributed by atoms with Crippen LogP contribution in [0.4, 0.5) is 0 Å². The number of aliphatic hydroxyl groups excluding tert-OH is 4. The second-order valence-electron chi connectivity index (χ2n) is 19.3. The lowest BCUT2D eigenvalue weighted by Crippen LogP contribution is -2.65. The van der Waals surface area contributed by atoms with E-state index in [4.69, 9.17) is 24.1 Å². The summed E-state index contributed by atoms with van der Waals surface area (Å²) in [7, 11) is 0. The molecular formula is C40H62O13. The molecule has 0 bridgehead atoms. The van der Waals surface area contributed by atoms with Crippen LogP contribution < -0.4 is 0 Å². The van der Waals surface area contributed by atoms with Crippen molar-refractivity contribution in [3.63, 3.8) is 0 Å². The molecule has 53 heavy (non-hydrogen) atoms. The van der Waals surface area contributed by atoms with Crippen LogP contribution in [0.5, 0.6) is 0 Å². The van der Waals surface area contributed by atoms with Gasteiger partial charge < -0.3 is 49.6 Å². The van der Waals surface area contributed by atoms with Gasteiger partial charge in [0.25, 0.3) is 6.29 Å². The molecule has 1 heterocycles. The molecule has 14 atom stereocenters. The Morgan fingerprint density at radius 2 is 1.55 bits per heavy atom. The Kier molecular flexibility index (Phi) is 10.6. The Balaban J connectivity index is 1.29. The summed E-state index contributed by atoms with van der Waals surface area (Å²) >= 11 is 0. The zero-order chi connectivity index (χ0) is 39.1. The van der Waals surface area contributed by atoms with E-state index < -0.39 is 85.1 Å². The first-order chi connectivity index (χ1) is 24.6. The monoisotopic (exact) mass is 750 g/mol. The molecule has 5 unspecified atom stereocenters. The van der Waals surface area contributed by atoms with E-state index in [1.54, 1.807) is 0 Å². The highest BCUT2D eigenvalue weighted by Crippen LogP contribution is 2.76. The summed E-state index contributed by atoms with van der Waals surface area (Å²) in [5.74, 6) is -2.66. The predicted octanol–water partition coefficient (Wildman–Crippen LogP) is 4.03. The topological polar surface area (TPSA) is 210 Å². The van der Waals surface area contributed by atoms with E-state index in [0.717, 1.165) is 44.9 Å². The van der Waals surface area contributed by atoms with Crippen molar-refractivity contribution < 1.29 is 64.0 Å². The van der Waals surface area contributed by atoms with Crippen molar-refractivity contribution in [3.05, 3.63) is 11.6 Å². The smallest absolute Gasteiger partial charge is 0.361 e. The van der Waals surface area contributed by atoms with E-state index >= 15 is 0 Å². The number of fused-ring (bicyclic) bond motifs is 7. The number of carbonyl (C=O) groups is 3. The number of ether oxygens (including phenoxy) is 4. The van der Waals surface area contributed by atoms with Gasteiger partial charge >= 0.3 is 17.9 Å². The van der Waals surface area contributed by atoms with Crippen molar-refractivity contribution in [2.75, 3.05) is 13.2 Å². The maximum Gasteiger partial charge on any atom is 0.361 e. The third kappa shape index (κ3) is 6.38. The molecule has 6 rings (SSSR count). The summed E-state index contributed by atoms with van der Waals surface area (Å²) in [6, 6.07) is 0. The molecule has 300 valence electrons. The van der Waals surface area contributed by atoms with Crippen molar-refractivity contribution in [2.24, 2.45) is 50.2 Å². The summed E-state index contributed by atoms with van der Waals surface area (Å²) in [5, 5.41) is 60.1. The number of rotatable bonds is 9. The number of hydrogen-bond acceptors (Lipinski definition) is 11. The third-order valence-corrected chi connectivity index (χ3v) is 15.9. The van der Waals surface area contributed by atoms with Crippen molar-refractivity contribution in [3.8, 4) is 0 Å². The Bertz CT molecular complexity index is 1470. The number of carbonyl (C=O) groups excluding carboxylic acids is 1. The Labute approximate surface area is 312 Å². The lowest BCUT2D eigenvalue weighted by molar-refractivity contribution is -0.297. The molecule has 4 saturated carbocycles. The van der Waals surface area contributed by atoms with Crippen LogP contribution in [-0.2, 0) is 33.3 Å². The summed E-state index contributed by atoms with van der Waals surface area (Å²) < 4.78 is 22.8. The van der Waals surface area contributed by atoms with Crippen molar-refractivity contribution >= 4 is 17.9 Å². The number of aliphatic carboxylic acids is 2. The van der Waals surface area contributed by atoms with Crippen LogP contribution in [0.3, 0.4) is 0 Å². The first-order valence-electron chi connectivity index (χ1n) is 19.5. The van der Waals surface area contributed by atoms with Gasteiger partial charge in [-0.3, -0.25) is 4.79 Å². The van der Waals surface area contributed by atoms with Gasteiger partial charge in [0.05, 0.1) is 18.1 Å². The highest BCUT2D eigenvalue weighted by atomic mass is 16.7. The van der Waals surface area contributed by atoms with Gasteiger partial charge in [-0.05, 0) is 109 Å². The normalized spacial score (nSPS) is 46.3. The van der Waals surface area contributed by atoms with Gasteiger partial charge in [0, 0.05) is 0 Å². The molecule has 6 N–H and O–H groups in total. The van der Waals surface area contributed by atoms with Gasteiger partial charge in [-0.25, -0.2) is 9.59 Å². The van der Waals surface area contributed by atoms with E-state index in [1.807, 2.05) is 0 Å². The van der Waals surface area contributed by atoms with Crippen LogP contribution in [0.25, 0.3) is 0 Å². The SMILES string of the molecule is CC1(C)CCC2(C(=O)O[C@@H]3O[C@H](CO)[C@@H](O)[C@H](O)[C@H]3O)CC[C@]3(C)C(=CCC4[C@@]5(C)CC[C@H](OC(OCC(=O)O)C(=O)O)C(C)(C)C5CC[C@]43C)C2C1. The molecule has 1 aliphatic heterocycles. The highest BCUT2D eigenvalue weighted by Gasteiger charge is 2.70. The molecule has 0 amide bonds. The number of carboxylic acid groups (broad SMARTS) is 2. The quantitative estimate of drug-likeness (QED) is 0.112. The van der Waals surface area contributed by atoms with Crippen molar-refractivity contribution in [2.45, 2.75) is 156 Å². The fraction of sp³-hybridized carbons (Fsp3) is 0.875. The van der Waals surface area contributed by atoms with Gasteiger partial charge in [-0.1, -0.05) is 60.1 Å². The second-order valence-corrected chi connectivity index (χ2v) is 19.3. The van der Waals surface area contributed by atoms with E-state index in [-0.39, 0.29) is 33.5 Å². The number of allylic oxidation sites excluding steroid dienone is 2. The zero-order valence-corrected chi connectivity index (χ0v) is 32.4. The van der Waals surface area contributed by atoms with Gasteiger partial charge in [0.15, 0.2) is 0 Å². The van der Waals surface area contributed by atoms with Gasteiger partial charge in [0.2, 0.25) is 6.29 Å². The van der Waals surface area contributed by atoms with E-state index in [0.29, 0.717) is 25.2 Å². The Morgan fingerprint density at radius 3 is 2.19 bits per heavy atom. The summed E-state index contributed by atoms with van der Waals surface area (Å²) in [5.41, 5.74) is -0.402. The fourth-order valence-corrected chi connectivity index (χ4v) is 12.7. The average Bonchev–Trinajstić information content (AvgIpc) is 3.07. The number of esters is 1. The molecule has 5 aliphatic carbocycles. The average molecular weight is 751 g/mol. The van der Waals surface area contributed by atoms with Crippen LogP contribution in [-0.4, -0.2) is 105 Å². The molecule has 13 nitrogen and oxygen atoms in total. The summed E-state index contributed by atoms with van der Waals surface area (Å²) in [6.45, 7) is 14.6. The molecule has 0 radical (unpaired) electrons. The molecule has 0 aromatic rings. The first-order valence-corrected chi connectivity index (χ1v) is 19.5. The van der Waals surface area contributed by atoms with Gasteiger partial charge in [-0.2, -0.15) is 0 Å². The number of aliphatic hydroxyl groups is 4. The molecule has 5 fully saturated rings. The van der Waals surface area contributed by atoms with Crippen molar-refractivity contribution in [1.82, 2.24) is 0 Å². The third-order valence-electron chi connectivity index (χ3n) is 15.9. The predicted molar refractivity (Wildman–Crippen MR) is 189 cm³/mol. The molecular weight excluding hydrogens is 688 g/mol. The minimum absolute atomic E-state index is 0.0253. The molecule has 13 heteroatoms. The lowest BCUT2D eigenvalue weighted by Gasteiger charge is -2.71. The van der Waals surface area contributed by atoms with Crippen LogP contribution in [0.2, 0.25) is 0 Å². The van der Waals surface area contributed by atoms with E-state index in [1.165, 1.54) is 5.57 Å². The Morgan fingerprint density at radius 1 is 0.868 bits per heavy atom. The number of carboxylic acids is 2. The molecule has 6 aliphatic rings. The van der Waals surface area contributed by atoms with Gasteiger partial charge in [-0.15, -0.1) is 0 Å². The molecule has 1 saturated heterocycles. The van der Waals surface area contributed by atoms with Crippen LogP contribution in [0, 0.1) is 50.2 Å². The van der Waals surface area contributed by atoms with Crippen molar-refractivity contribution in [1.29, 1.82) is 0 Å². The number of hydrogen-bond donors (Lipinski definition) is 6. The summed E-state index contributed by atoms with van der Waals surface area (Å²) in [4.78, 5) is 37.6. The van der Waals surface area contributed by atoms with E-state index in [9.17, 15) is 39.9 Å². The maximum atomic E-state index is 14.5. The second kappa shape index (κ2) is 13.8. The largest absolute Gasteiger partial charge is 0.480 e. The highest BCUT2D eigenvalue weighted by molar-refractivity contribution is 5.79. The lowest BCUT2D eigenvalue weighted by atomic mass is 9.33. The van der Waals surface area contributed by atoms with Gasteiger partial charge in [0.1, 0.15) is 31.0 Å². The maximum absolute atomic E-state index is 14.5. The first kappa shape index (κ1) is 40.5. The molecule has 0 spiro atoms. The Hall–Kier alpha value is -2.13.